The number of carbonyl (C=O) groups excluding carboxylic acids is 1. The molecule has 0 radical (unpaired) electrons. The Labute approximate surface area is 116 Å². The number of hydrogen-bond donors (Lipinski definition) is 0. The molecule has 0 fully saturated rings. The molecule has 0 aromatic carbocycles. The smallest absolute Gasteiger partial charge is 0.229 e. The average Bonchev–Trinajstić information content (AvgIpc) is 2.38. The van der Waals surface area contributed by atoms with Gasteiger partial charge in [-0.2, -0.15) is 0 Å². The van der Waals surface area contributed by atoms with Gasteiger partial charge in [-0.3, -0.25) is 4.79 Å². The van der Waals surface area contributed by atoms with Crippen LogP contribution in [-0.2, 0) is 9.53 Å². The lowest BCUT2D eigenvalue weighted by molar-refractivity contribution is -0.119. The van der Waals surface area contributed by atoms with Gasteiger partial charge in [0.2, 0.25) is 5.91 Å². The first-order valence-electron chi connectivity index (χ1n) is 6.10. The molecule has 0 unspecified atom stereocenters. The van der Waals surface area contributed by atoms with Crippen LogP contribution in [0.1, 0.15) is 26.2 Å². The van der Waals surface area contributed by atoms with Gasteiger partial charge < -0.3 is 9.64 Å². The highest BCUT2D eigenvalue weighted by Gasteiger charge is 2.15. The number of anilines is 1. The molecule has 100 valence electrons. The number of methoxy groups -OCH3 is 1. The molecular weight excluding hydrogens is 296 g/mol. The van der Waals surface area contributed by atoms with Crippen LogP contribution in [0.25, 0.3) is 0 Å². The molecule has 1 amide bonds. The van der Waals surface area contributed by atoms with Crippen LogP contribution in [0.2, 0.25) is 0 Å². The van der Waals surface area contributed by atoms with Gasteiger partial charge in [0.05, 0.1) is 24.9 Å². The van der Waals surface area contributed by atoms with Crippen LogP contribution < -0.4 is 4.90 Å². The summed E-state index contributed by atoms with van der Waals surface area (Å²) in [6, 6.07) is 3.75. The lowest BCUT2D eigenvalue weighted by Crippen LogP contribution is -2.32. The number of amides is 1. The highest BCUT2D eigenvalue weighted by atomic mass is 79.9. The fraction of sp³-hybridized carbons (Fsp3) is 0.538. The van der Waals surface area contributed by atoms with Gasteiger partial charge in [-0.25, -0.2) is 4.98 Å². The number of rotatable bonds is 7. The Kier molecular flexibility index (Phi) is 6.90. The van der Waals surface area contributed by atoms with Crippen LogP contribution in [0.4, 0.5) is 5.69 Å². The van der Waals surface area contributed by atoms with Crippen molar-refractivity contribution in [3.63, 3.8) is 0 Å². The third-order valence-corrected chi connectivity index (χ3v) is 3.05. The molecule has 0 aliphatic carbocycles. The average molecular weight is 315 g/mol. The maximum absolute atomic E-state index is 12.1. The lowest BCUT2D eigenvalue weighted by atomic mass is 10.2. The number of hydrogen-bond acceptors (Lipinski definition) is 3. The van der Waals surface area contributed by atoms with Crippen molar-refractivity contribution in [2.24, 2.45) is 0 Å². The summed E-state index contributed by atoms with van der Waals surface area (Å²) in [6.45, 7) is 3.28. The maximum Gasteiger partial charge on any atom is 0.229 e. The number of unbranched alkanes of at least 4 members (excludes halogenated alkanes) is 1. The second-order valence-electron chi connectivity index (χ2n) is 3.98. The van der Waals surface area contributed by atoms with Crippen molar-refractivity contribution in [2.45, 2.75) is 26.2 Å². The number of carbonyl (C=O) groups is 1. The van der Waals surface area contributed by atoms with Gasteiger partial charge in [-0.15, -0.1) is 0 Å². The third-order valence-electron chi connectivity index (χ3n) is 2.58. The van der Waals surface area contributed by atoms with E-state index in [1.807, 2.05) is 12.1 Å². The minimum Gasteiger partial charge on any atom is -0.384 e. The quantitative estimate of drug-likeness (QED) is 0.726. The minimum absolute atomic E-state index is 0.0782. The van der Waals surface area contributed by atoms with Gasteiger partial charge >= 0.3 is 0 Å². The van der Waals surface area contributed by atoms with Crippen molar-refractivity contribution in [1.82, 2.24) is 4.98 Å². The molecule has 0 bridgehead atoms. The van der Waals surface area contributed by atoms with E-state index in [0.717, 1.165) is 29.7 Å². The molecule has 4 nitrogen and oxygen atoms in total. The first kappa shape index (κ1) is 15.1. The van der Waals surface area contributed by atoms with Crippen LogP contribution in [0, 0.1) is 0 Å². The molecule has 5 heteroatoms. The monoisotopic (exact) mass is 314 g/mol. The fourth-order valence-corrected chi connectivity index (χ4v) is 1.80. The number of aromatic nitrogens is 1. The zero-order valence-corrected chi connectivity index (χ0v) is 12.4. The Bertz CT molecular complexity index is 368. The molecule has 0 saturated heterocycles. The number of nitrogens with zero attached hydrogens (tertiary/aromatic N) is 2. The van der Waals surface area contributed by atoms with E-state index in [0.29, 0.717) is 13.0 Å². The van der Waals surface area contributed by atoms with Crippen LogP contribution in [-0.4, -0.2) is 31.2 Å². The summed E-state index contributed by atoms with van der Waals surface area (Å²) in [5.74, 6) is 0.0782. The molecule has 0 saturated carbocycles. The summed E-state index contributed by atoms with van der Waals surface area (Å²) in [7, 11) is 1.60. The Morgan fingerprint density at radius 1 is 1.50 bits per heavy atom. The van der Waals surface area contributed by atoms with Gasteiger partial charge in [-0.05, 0) is 34.5 Å². The van der Waals surface area contributed by atoms with E-state index < -0.39 is 0 Å². The second-order valence-corrected chi connectivity index (χ2v) is 4.79. The molecular formula is C13H19BrN2O2. The van der Waals surface area contributed by atoms with Crippen molar-refractivity contribution in [3.8, 4) is 0 Å². The summed E-state index contributed by atoms with van der Waals surface area (Å²) >= 11 is 3.29. The summed E-state index contributed by atoms with van der Waals surface area (Å²) in [5, 5.41) is 0. The van der Waals surface area contributed by atoms with Gasteiger partial charge in [0.25, 0.3) is 0 Å². The van der Waals surface area contributed by atoms with Gasteiger partial charge in [0, 0.05) is 13.7 Å². The number of pyridine rings is 1. The predicted molar refractivity (Wildman–Crippen MR) is 75.7 cm³/mol. The molecule has 0 aliphatic heterocycles. The third kappa shape index (κ3) is 4.74. The van der Waals surface area contributed by atoms with Crippen LogP contribution >= 0.6 is 15.9 Å². The van der Waals surface area contributed by atoms with E-state index in [-0.39, 0.29) is 5.91 Å². The molecule has 0 aliphatic rings. The molecule has 1 aromatic heterocycles. The van der Waals surface area contributed by atoms with E-state index in [4.69, 9.17) is 4.74 Å². The summed E-state index contributed by atoms with van der Waals surface area (Å²) in [6.07, 6.45) is 4.15. The van der Waals surface area contributed by atoms with Crippen LogP contribution in [0.3, 0.4) is 0 Å². The zero-order chi connectivity index (χ0) is 13.4. The second kappa shape index (κ2) is 8.21. The van der Waals surface area contributed by atoms with Gasteiger partial charge in [0.1, 0.15) is 4.60 Å². The molecule has 1 aromatic rings. The Morgan fingerprint density at radius 2 is 2.28 bits per heavy atom. The summed E-state index contributed by atoms with van der Waals surface area (Å²) < 4.78 is 5.72. The minimum atomic E-state index is 0.0782. The van der Waals surface area contributed by atoms with Gasteiger partial charge in [-0.1, -0.05) is 13.3 Å². The van der Waals surface area contributed by atoms with E-state index in [1.165, 1.54) is 0 Å². The van der Waals surface area contributed by atoms with E-state index in [2.05, 4.69) is 27.8 Å². The topological polar surface area (TPSA) is 42.4 Å². The SMILES string of the molecule is CCCCN(C(=O)CCOC)c1ccc(Br)nc1. The van der Waals surface area contributed by atoms with Crippen molar-refractivity contribution >= 4 is 27.5 Å². The highest BCUT2D eigenvalue weighted by Crippen LogP contribution is 2.17. The zero-order valence-electron chi connectivity index (χ0n) is 10.9. The predicted octanol–water partition coefficient (Wildman–Crippen LogP) is 3.01. The molecule has 0 atom stereocenters. The normalized spacial score (nSPS) is 10.4. The van der Waals surface area contributed by atoms with E-state index in [9.17, 15) is 4.79 Å². The Hall–Kier alpha value is -0.940. The lowest BCUT2D eigenvalue weighted by Gasteiger charge is -2.22. The first-order chi connectivity index (χ1) is 8.69. The van der Waals surface area contributed by atoms with E-state index in [1.54, 1.807) is 18.2 Å². The Morgan fingerprint density at radius 3 is 2.83 bits per heavy atom. The number of ether oxygens (including phenoxy) is 1. The molecule has 1 heterocycles. The fourth-order valence-electron chi connectivity index (χ4n) is 1.57. The Balaban J connectivity index is 2.76. The summed E-state index contributed by atoms with van der Waals surface area (Å²) in [5.41, 5.74) is 0.841. The summed E-state index contributed by atoms with van der Waals surface area (Å²) in [4.78, 5) is 18.0. The van der Waals surface area contributed by atoms with Crippen molar-refractivity contribution in [1.29, 1.82) is 0 Å². The largest absolute Gasteiger partial charge is 0.384 e. The van der Waals surface area contributed by atoms with Crippen molar-refractivity contribution < 1.29 is 9.53 Å². The van der Waals surface area contributed by atoms with Crippen molar-refractivity contribution in [3.05, 3.63) is 22.9 Å². The van der Waals surface area contributed by atoms with E-state index >= 15 is 0 Å². The molecule has 0 N–H and O–H groups in total. The molecule has 1 rings (SSSR count). The first-order valence-corrected chi connectivity index (χ1v) is 6.89. The molecule has 18 heavy (non-hydrogen) atoms. The standard InChI is InChI=1S/C13H19BrN2O2/c1-3-4-8-16(13(17)7-9-18-2)11-5-6-12(14)15-10-11/h5-6,10H,3-4,7-9H2,1-2H3. The maximum atomic E-state index is 12.1. The van der Waals surface area contributed by atoms with Gasteiger partial charge in [0.15, 0.2) is 0 Å². The van der Waals surface area contributed by atoms with Crippen LogP contribution in [0.15, 0.2) is 22.9 Å². The van der Waals surface area contributed by atoms with Crippen LogP contribution in [0.5, 0.6) is 0 Å². The highest BCUT2D eigenvalue weighted by molar-refractivity contribution is 9.10. The number of halogens is 1. The van der Waals surface area contributed by atoms with Crippen molar-refractivity contribution in [2.75, 3.05) is 25.2 Å². The molecule has 0 spiro atoms.